The number of hydrogen-bond acceptors (Lipinski definition) is 5. The van der Waals surface area contributed by atoms with Crippen molar-refractivity contribution in [1.82, 2.24) is 15.0 Å². The number of unbranched alkanes of at least 4 members (excludes halogenated alkanes) is 1. The van der Waals surface area contributed by atoms with Gasteiger partial charge in [-0.05, 0) is 55.3 Å². The highest BCUT2D eigenvalue weighted by atomic mass is 32.2. The summed E-state index contributed by atoms with van der Waals surface area (Å²) in [7, 11) is -2.17. The average Bonchev–Trinajstić information content (AvgIpc) is 3.16. The molecule has 0 unspecified atom stereocenters. The van der Waals surface area contributed by atoms with Crippen LogP contribution >= 0.6 is 0 Å². The molecular weight excluding hydrogens is 364 g/mol. The van der Waals surface area contributed by atoms with Crippen molar-refractivity contribution >= 4 is 15.7 Å². The SMILES string of the molecule is CCCCc1cn(-c2cccc(S(=O)(=O)Nc3ccc(OC)cc3)c2)nn1. The van der Waals surface area contributed by atoms with Crippen molar-refractivity contribution in [3.05, 3.63) is 60.4 Å². The first kappa shape index (κ1) is 18.9. The molecule has 0 saturated carbocycles. The number of aryl methyl sites for hydroxylation is 1. The summed E-state index contributed by atoms with van der Waals surface area (Å²) in [5, 5.41) is 8.25. The molecular formula is C19H22N4O3S. The lowest BCUT2D eigenvalue weighted by atomic mass is 10.2. The number of sulfonamides is 1. The van der Waals surface area contributed by atoms with E-state index in [4.69, 9.17) is 4.74 Å². The van der Waals surface area contributed by atoms with Gasteiger partial charge in [-0.2, -0.15) is 0 Å². The van der Waals surface area contributed by atoms with Gasteiger partial charge in [0, 0.05) is 5.69 Å². The molecule has 27 heavy (non-hydrogen) atoms. The standard InChI is InChI=1S/C19H22N4O3S/c1-3-4-6-16-14-23(22-20-16)17-7-5-8-19(13-17)27(24,25)21-15-9-11-18(26-2)12-10-15/h5,7-14,21H,3-4,6H2,1-2H3. The second-order valence-corrected chi connectivity index (χ2v) is 7.77. The Bertz CT molecular complexity index is 998. The van der Waals surface area contributed by atoms with Crippen molar-refractivity contribution in [2.75, 3.05) is 11.8 Å². The van der Waals surface area contributed by atoms with Gasteiger partial charge in [0.2, 0.25) is 0 Å². The number of ether oxygens (including phenoxy) is 1. The van der Waals surface area contributed by atoms with E-state index in [1.54, 1.807) is 60.3 Å². The van der Waals surface area contributed by atoms with E-state index in [1.165, 1.54) is 0 Å². The van der Waals surface area contributed by atoms with Gasteiger partial charge in [0.1, 0.15) is 5.75 Å². The summed E-state index contributed by atoms with van der Waals surface area (Å²) >= 11 is 0. The van der Waals surface area contributed by atoms with Crippen LogP contribution in [0.5, 0.6) is 5.75 Å². The van der Waals surface area contributed by atoms with E-state index in [0.717, 1.165) is 25.0 Å². The molecule has 1 N–H and O–H groups in total. The summed E-state index contributed by atoms with van der Waals surface area (Å²) in [6.07, 6.45) is 4.81. The third-order valence-corrected chi connectivity index (χ3v) is 5.44. The second-order valence-electron chi connectivity index (χ2n) is 6.09. The monoisotopic (exact) mass is 386 g/mol. The maximum Gasteiger partial charge on any atom is 0.261 e. The van der Waals surface area contributed by atoms with E-state index in [2.05, 4.69) is 22.0 Å². The molecule has 0 aliphatic carbocycles. The van der Waals surface area contributed by atoms with E-state index in [-0.39, 0.29) is 4.90 Å². The Balaban J connectivity index is 1.81. The molecule has 0 atom stereocenters. The zero-order valence-corrected chi connectivity index (χ0v) is 16.1. The van der Waals surface area contributed by atoms with Crippen LogP contribution in [-0.2, 0) is 16.4 Å². The molecule has 2 aromatic carbocycles. The highest BCUT2D eigenvalue weighted by Gasteiger charge is 2.15. The minimum Gasteiger partial charge on any atom is -0.497 e. The van der Waals surface area contributed by atoms with Crippen LogP contribution in [0.15, 0.2) is 59.6 Å². The Morgan fingerprint density at radius 2 is 1.93 bits per heavy atom. The molecule has 0 fully saturated rings. The fourth-order valence-electron chi connectivity index (χ4n) is 2.56. The van der Waals surface area contributed by atoms with E-state index in [1.807, 2.05) is 6.20 Å². The maximum absolute atomic E-state index is 12.7. The molecule has 1 aromatic heterocycles. The van der Waals surface area contributed by atoms with Crippen molar-refractivity contribution in [3.63, 3.8) is 0 Å². The summed E-state index contributed by atoms with van der Waals surface area (Å²) in [5.41, 5.74) is 1.99. The lowest BCUT2D eigenvalue weighted by molar-refractivity contribution is 0.415. The van der Waals surface area contributed by atoms with Crippen LogP contribution in [-0.4, -0.2) is 30.5 Å². The number of nitrogens with one attached hydrogen (secondary N) is 1. The molecule has 0 aliphatic rings. The zero-order valence-electron chi connectivity index (χ0n) is 15.3. The summed E-state index contributed by atoms with van der Waals surface area (Å²) in [4.78, 5) is 0.154. The van der Waals surface area contributed by atoms with Crippen molar-refractivity contribution in [2.24, 2.45) is 0 Å². The van der Waals surface area contributed by atoms with Gasteiger partial charge in [-0.15, -0.1) is 5.10 Å². The van der Waals surface area contributed by atoms with Crippen LogP contribution in [0.2, 0.25) is 0 Å². The molecule has 0 aliphatic heterocycles. The molecule has 3 aromatic rings. The molecule has 0 spiro atoms. The van der Waals surface area contributed by atoms with Crippen LogP contribution in [0.1, 0.15) is 25.5 Å². The Labute approximate surface area is 159 Å². The van der Waals surface area contributed by atoms with Gasteiger partial charge in [-0.3, -0.25) is 4.72 Å². The molecule has 142 valence electrons. The number of hydrogen-bond donors (Lipinski definition) is 1. The smallest absolute Gasteiger partial charge is 0.261 e. The predicted molar refractivity (Wildman–Crippen MR) is 104 cm³/mol. The largest absolute Gasteiger partial charge is 0.497 e. The Hall–Kier alpha value is -2.87. The summed E-state index contributed by atoms with van der Waals surface area (Å²) in [6, 6.07) is 13.3. The predicted octanol–water partition coefficient (Wildman–Crippen LogP) is 3.42. The Kier molecular flexibility index (Phi) is 5.75. The van der Waals surface area contributed by atoms with Crippen molar-refractivity contribution in [3.8, 4) is 11.4 Å². The molecule has 0 radical (unpaired) electrons. The molecule has 0 saturated heterocycles. The third kappa shape index (κ3) is 4.65. The molecule has 8 heteroatoms. The topological polar surface area (TPSA) is 86.1 Å². The zero-order chi connectivity index (χ0) is 19.3. The minimum atomic E-state index is -3.72. The number of anilines is 1. The average molecular weight is 386 g/mol. The van der Waals surface area contributed by atoms with E-state index < -0.39 is 10.0 Å². The Morgan fingerprint density at radius 1 is 1.15 bits per heavy atom. The number of rotatable bonds is 8. The molecule has 3 rings (SSSR count). The highest BCUT2D eigenvalue weighted by Crippen LogP contribution is 2.21. The van der Waals surface area contributed by atoms with Gasteiger partial charge in [0.05, 0.1) is 29.6 Å². The van der Waals surface area contributed by atoms with Crippen molar-refractivity contribution in [1.29, 1.82) is 0 Å². The first-order valence-corrected chi connectivity index (χ1v) is 10.2. The van der Waals surface area contributed by atoms with Crippen LogP contribution in [0.4, 0.5) is 5.69 Å². The third-order valence-electron chi connectivity index (χ3n) is 4.06. The fourth-order valence-corrected chi connectivity index (χ4v) is 3.66. The van der Waals surface area contributed by atoms with Gasteiger partial charge in [-0.1, -0.05) is 24.6 Å². The second kappa shape index (κ2) is 8.22. The summed E-state index contributed by atoms with van der Waals surface area (Å²) in [5.74, 6) is 0.657. The van der Waals surface area contributed by atoms with E-state index in [9.17, 15) is 8.42 Å². The lowest BCUT2D eigenvalue weighted by Gasteiger charge is -2.10. The highest BCUT2D eigenvalue weighted by molar-refractivity contribution is 7.92. The summed E-state index contributed by atoms with van der Waals surface area (Å²) in [6.45, 7) is 2.12. The first-order chi connectivity index (χ1) is 13.0. The molecule has 0 bridgehead atoms. The minimum absolute atomic E-state index is 0.154. The van der Waals surface area contributed by atoms with Gasteiger partial charge in [-0.25, -0.2) is 13.1 Å². The van der Waals surface area contributed by atoms with Crippen LogP contribution in [0.25, 0.3) is 5.69 Å². The van der Waals surface area contributed by atoms with Crippen molar-refractivity contribution in [2.45, 2.75) is 31.1 Å². The van der Waals surface area contributed by atoms with Gasteiger partial charge in [0.25, 0.3) is 10.0 Å². The van der Waals surface area contributed by atoms with E-state index in [0.29, 0.717) is 17.1 Å². The molecule has 7 nitrogen and oxygen atoms in total. The van der Waals surface area contributed by atoms with Gasteiger partial charge in [0.15, 0.2) is 0 Å². The van der Waals surface area contributed by atoms with E-state index >= 15 is 0 Å². The quantitative estimate of drug-likeness (QED) is 0.641. The van der Waals surface area contributed by atoms with Crippen LogP contribution in [0, 0.1) is 0 Å². The van der Waals surface area contributed by atoms with Gasteiger partial charge >= 0.3 is 0 Å². The molecule has 1 heterocycles. The van der Waals surface area contributed by atoms with Gasteiger partial charge < -0.3 is 4.74 Å². The van der Waals surface area contributed by atoms with Crippen LogP contribution < -0.4 is 9.46 Å². The fraction of sp³-hybridized carbons (Fsp3) is 0.263. The lowest BCUT2D eigenvalue weighted by Crippen LogP contribution is -2.13. The Morgan fingerprint density at radius 3 is 2.63 bits per heavy atom. The maximum atomic E-state index is 12.7. The number of methoxy groups -OCH3 is 1. The number of nitrogens with zero attached hydrogens (tertiary/aromatic N) is 3. The van der Waals surface area contributed by atoms with Crippen LogP contribution in [0.3, 0.4) is 0 Å². The number of benzene rings is 2. The normalized spacial score (nSPS) is 11.3. The number of aromatic nitrogens is 3. The molecule has 0 amide bonds. The first-order valence-electron chi connectivity index (χ1n) is 8.70. The van der Waals surface area contributed by atoms with Crippen molar-refractivity contribution < 1.29 is 13.2 Å². The summed E-state index contributed by atoms with van der Waals surface area (Å²) < 4.78 is 34.6.